The molecule has 0 spiro atoms. The average Bonchev–Trinajstić information content (AvgIpc) is 3.49. The number of hydrogen-bond donors (Lipinski definition) is 0. The van der Waals surface area contributed by atoms with Gasteiger partial charge in [0.05, 0.1) is 22.8 Å². The molecule has 220 valence electrons. The number of allylic oxidation sites excluding steroid dienone is 4. The maximum atomic E-state index is 6.27. The fourth-order valence-corrected chi connectivity index (χ4v) is 6.11. The summed E-state index contributed by atoms with van der Waals surface area (Å²) in [6.07, 6.45) is 9.02. The number of anilines is 5. The third kappa shape index (κ3) is 4.37. The molecule has 46 heavy (non-hydrogen) atoms. The van der Waals surface area contributed by atoms with Gasteiger partial charge in [0.25, 0.3) is 0 Å². The van der Waals surface area contributed by atoms with Gasteiger partial charge in [-0.25, -0.2) is 0 Å². The van der Waals surface area contributed by atoms with Gasteiger partial charge in [0, 0.05) is 28.9 Å². The summed E-state index contributed by atoms with van der Waals surface area (Å²) in [7, 11) is 0. The number of aromatic nitrogens is 2. The lowest BCUT2D eigenvalue weighted by Crippen LogP contribution is -2.23. The van der Waals surface area contributed by atoms with Gasteiger partial charge in [-0.2, -0.15) is 0 Å². The van der Waals surface area contributed by atoms with E-state index >= 15 is 0 Å². The van der Waals surface area contributed by atoms with Crippen LogP contribution < -0.4 is 19.3 Å². The standard InChI is InChI=1S/C39H26N4O3/c1-2-10-30-34(14-3-1)44-35-15-7-4-11-31(35)42(30)28-22-18-26(19-23-28)38-40-41-39(46-38)27-20-24-29(25-21-27)43-32-12-5-8-16-36(32)45-37-17-9-6-13-33(37)43/h1-13,15-25H,14H2. The normalized spacial score (nSPS) is 14.4. The van der Waals surface area contributed by atoms with Crippen LogP contribution in [0.3, 0.4) is 0 Å². The molecule has 2 aliphatic heterocycles. The van der Waals surface area contributed by atoms with Gasteiger partial charge in [-0.3, -0.25) is 0 Å². The van der Waals surface area contributed by atoms with Crippen molar-refractivity contribution in [2.45, 2.75) is 6.42 Å². The Labute approximate surface area is 265 Å². The van der Waals surface area contributed by atoms with Crippen molar-refractivity contribution in [2.24, 2.45) is 0 Å². The van der Waals surface area contributed by atoms with Crippen LogP contribution in [-0.4, -0.2) is 10.2 Å². The van der Waals surface area contributed by atoms with Crippen molar-refractivity contribution in [1.82, 2.24) is 10.2 Å². The van der Waals surface area contributed by atoms with E-state index in [1.165, 1.54) is 0 Å². The third-order valence-electron chi connectivity index (χ3n) is 8.27. The number of para-hydroxylation sites is 6. The summed E-state index contributed by atoms with van der Waals surface area (Å²) >= 11 is 0. The van der Waals surface area contributed by atoms with Crippen molar-refractivity contribution in [3.63, 3.8) is 0 Å². The van der Waals surface area contributed by atoms with E-state index in [-0.39, 0.29) is 0 Å². The van der Waals surface area contributed by atoms with Crippen LogP contribution in [0.4, 0.5) is 28.4 Å². The molecule has 6 aromatic rings. The van der Waals surface area contributed by atoms with Crippen LogP contribution >= 0.6 is 0 Å². The first kappa shape index (κ1) is 26.1. The van der Waals surface area contributed by atoms with Crippen molar-refractivity contribution in [2.75, 3.05) is 9.80 Å². The highest BCUT2D eigenvalue weighted by Gasteiger charge is 2.28. The molecule has 3 heterocycles. The van der Waals surface area contributed by atoms with Gasteiger partial charge in [0.1, 0.15) is 5.76 Å². The van der Waals surface area contributed by atoms with Gasteiger partial charge in [0.2, 0.25) is 11.8 Å². The number of fused-ring (bicyclic) bond motifs is 3. The van der Waals surface area contributed by atoms with E-state index in [0.717, 1.165) is 74.7 Å². The maximum Gasteiger partial charge on any atom is 0.248 e. The van der Waals surface area contributed by atoms with Gasteiger partial charge in [-0.1, -0.05) is 54.6 Å². The zero-order valence-electron chi connectivity index (χ0n) is 24.6. The molecule has 0 amide bonds. The lowest BCUT2D eigenvalue weighted by molar-refractivity contribution is 0.402. The van der Waals surface area contributed by atoms with E-state index in [0.29, 0.717) is 11.8 Å². The molecule has 0 atom stereocenters. The van der Waals surface area contributed by atoms with Gasteiger partial charge in [-0.05, 0) is 91.0 Å². The van der Waals surface area contributed by atoms with Gasteiger partial charge >= 0.3 is 0 Å². The van der Waals surface area contributed by atoms with Crippen LogP contribution in [-0.2, 0) is 0 Å². The van der Waals surface area contributed by atoms with Crippen molar-refractivity contribution < 1.29 is 13.9 Å². The molecule has 3 aliphatic rings. The minimum absolute atomic E-state index is 0.460. The predicted molar refractivity (Wildman–Crippen MR) is 179 cm³/mol. The van der Waals surface area contributed by atoms with Crippen molar-refractivity contribution >= 4 is 28.4 Å². The Morgan fingerprint density at radius 2 is 1.00 bits per heavy atom. The van der Waals surface area contributed by atoms with Crippen LogP contribution in [0.25, 0.3) is 22.9 Å². The Balaban J connectivity index is 0.999. The molecule has 1 aliphatic carbocycles. The number of nitrogens with zero attached hydrogens (tertiary/aromatic N) is 4. The van der Waals surface area contributed by atoms with Gasteiger partial charge < -0.3 is 23.7 Å². The quantitative estimate of drug-likeness (QED) is 0.200. The first-order valence-corrected chi connectivity index (χ1v) is 15.1. The van der Waals surface area contributed by atoms with E-state index in [2.05, 4.69) is 80.7 Å². The third-order valence-corrected chi connectivity index (χ3v) is 8.27. The zero-order chi connectivity index (χ0) is 30.5. The summed E-state index contributed by atoms with van der Waals surface area (Å²) in [6, 6.07) is 40.5. The van der Waals surface area contributed by atoms with E-state index in [1.807, 2.05) is 84.9 Å². The second-order valence-corrected chi connectivity index (χ2v) is 11.1. The summed E-state index contributed by atoms with van der Waals surface area (Å²) in [5, 5.41) is 8.77. The molecule has 0 N–H and O–H groups in total. The molecule has 0 saturated heterocycles. The highest BCUT2D eigenvalue weighted by atomic mass is 16.5. The fraction of sp³-hybridized carbons (Fsp3) is 0.0256. The molecule has 7 nitrogen and oxygen atoms in total. The van der Waals surface area contributed by atoms with Crippen LogP contribution in [0.2, 0.25) is 0 Å². The van der Waals surface area contributed by atoms with Gasteiger partial charge in [-0.15, -0.1) is 10.2 Å². The molecule has 0 radical (unpaired) electrons. The molecule has 7 heteroatoms. The first-order chi connectivity index (χ1) is 22.8. The lowest BCUT2D eigenvalue weighted by Gasteiger charge is -2.33. The average molecular weight is 599 g/mol. The number of benzene rings is 5. The number of hydrogen-bond acceptors (Lipinski definition) is 7. The minimum Gasteiger partial charge on any atom is -0.457 e. The van der Waals surface area contributed by atoms with Crippen LogP contribution in [0, 0.1) is 0 Å². The molecule has 0 bridgehead atoms. The SMILES string of the molecule is C1=CCC2=C(C=C1)N(c1ccc(-c3nnc(-c4ccc(N5c6ccccc6Oc6ccccc65)cc4)o3)cc1)c1ccccc1O2. The topological polar surface area (TPSA) is 63.9 Å². The lowest BCUT2D eigenvalue weighted by atomic mass is 10.1. The smallest absolute Gasteiger partial charge is 0.248 e. The molecule has 0 fully saturated rings. The Bertz CT molecular complexity index is 2150. The van der Waals surface area contributed by atoms with E-state index < -0.39 is 0 Å². The molecular formula is C39H26N4O3. The second kappa shape index (κ2) is 10.7. The number of rotatable bonds is 4. The first-order valence-electron chi connectivity index (χ1n) is 15.1. The maximum absolute atomic E-state index is 6.27. The van der Waals surface area contributed by atoms with E-state index in [4.69, 9.17) is 13.9 Å². The number of ether oxygens (including phenoxy) is 2. The summed E-state index contributed by atoms with van der Waals surface area (Å²) < 4.78 is 18.6. The monoisotopic (exact) mass is 598 g/mol. The highest BCUT2D eigenvalue weighted by molar-refractivity contribution is 5.86. The fourth-order valence-electron chi connectivity index (χ4n) is 6.11. The minimum atomic E-state index is 0.460. The van der Waals surface area contributed by atoms with Crippen molar-refractivity contribution in [3.8, 4) is 40.2 Å². The Hall–Kier alpha value is -6.34. The molecular weight excluding hydrogens is 572 g/mol. The summed E-state index contributed by atoms with van der Waals surface area (Å²) in [5.74, 6) is 4.31. The molecule has 0 unspecified atom stereocenters. The van der Waals surface area contributed by atoms with Crippen LogP contribution in [0.5, 0.6) is 17.2 Å². The van der Waals surface area contributed by atoms with Crippen LogP contribution in [0.1, 0.15) is 6.42 Å². The van der Waals surface area contributed by atoms with E-state index in [9.17, 15) is 0 Å². The highest BCUT2D eigenvalue weighted by Crippen LogP contribution is 2.50. The van der Waals surface area contributed by atoms with Crippen LogP contribution in [0.15, 0.2) is 162 Å². The Kier molecular flexibility index (Phi) is 6.06. The van der Waals surface area contributed by atoms with Crippen molar-refractivity contribution in [3.05, 3.63) is 157 Å². The van der Waals surface area contributed by atoms with E-state index in [1.54, 1.807) is 0 Å². The molecule has 9 rings (SSSR count). The predicted octanol–water partition coefficient (Wildman–Crippen LogP) is 10.2. The second-order valence-electron chi connectivity index (χ2n) is 11.1. The van der Waals surface area contributed by atoms with Crippen molar-refractivity contribution in [1.29, 1.82) is 0 Å². The largest absolute Gasteiger partial charge is 0.457 e. The summed E-state index contributed by atoms with van der Waals surface area (Å²) in [6.45, 7) is 0. The Morgan fingerprint density at radius 3 is 1.59 bits per heavy atom. The molecule has 1 aromatic heterocycles. The summed E-state index contributed by atoms with van der Waals surface area (Å²) in [5.41, 5.74) is 7.68. The Morgan fingerprint density at radius 1 is 0.500 bits per heavy atom. The molecule has 0 saturated carbocycles. The molecule has 5 aromatic carbocycles. The summed E-state index contributed by atoms with van der Waals surface area (Å²) in [4.78, 5) is 4.43. The van der Waals surface area contributed by atoms with Gasteiger partial charge in [0.15, 0.2) is 17.2 Å². The zero-order valence-corrected chi connectivity index (χ0v) is 24.6.